The van der Waals surface area contributed by atoms with E-state index in [2.05, 4.69) is 3.79 Å². The van der Waals surface area contributed by atoms with E-state index in [4.69, 9.17) is 0 Å². The third kappa shape index (κ3) is 1.76. The second kappa shape index (κ2) is 4.49. The maximum Gasteiger partial charge on any atom is 0.499 e. The Labute approximate surface area is 89.6 Å². The summed E-state index contributed by atoms with van der Waals surface area (Å²) in [6, 6.07) is 0. The van der Waals surface area contributed by atoms with Gasteiger partial charge in [0.25, 0.3) is 5.97 Å². The molecule has 0 amide bonds. The fraction of sp³-hybridized carbons (Fsp3) is 0.500. The number of Topliss-reactive ketones (excluding diaryl/α,β-unsaturated/α-hetero) is 3. The highest BCUT2D eigenvalue weighted by atomic mass is 27.1. The minimum absolute atomic E-state index is 0.0349. The number of carbonyl (C=O) groups is 4. The summed E-state index contributed by atoms with van der Waals surface area (Å²) in [6.07, 6.45) is 0. The molecule has 0 atom stereocenters. The first-order chi connectivity index (χ1) is 6.31. The Morgan fingerprint density at radius 3 is 1.29 bits per heavy atom. The van der Waals surface area contributed by atoms with E-state index < -0.39 is 28.7 Å². The van der Waals surface area contributed by atoms with Crippen LogP contribution in [0.3, 0.4) is 0 Å². The average molecular weight is 214 g/mol. The number of carbonyl (C=O) groups excluding carboxylic acids is 4. The molecule has 5 nitrogen and oxygen atoms in total. The SMILES string of the molecule is CC(=O)C(C(C)=O)(C(C)=O)C(=O)[O][AlH2]. The Hall–Kier alpha value is -0.988. The second-order valence-electron chi connectivity index (χ2n) is 2.91. The molecule has 6 heteroatoms. The average Bonchev–Trinajstić information content (AvgIpc) is 2.02. The van der Waals surface area contributed by atoms with Gasteiger partial charge in [0.2, 0.25) is 5.41 Å². The van der Waals surface area contributed by atoms with Crippen molar-refractivity contribution in [2.45, 2.75) is 20.8 Å². The maximum atomic E-state index is 11.3. The van der Waals surface area contributed by atoms with Crippen LogP contribution in [-0.2, 0) is 23.0 Å². The van der Waals surface area contributed by atoms with Crippen molar-refractivity contribution in [3.05, 3.63) is 0 Å². The summed E-state index contributed by atoms with van der Waals surface area (Å²) in [6.45, 7) is 3.09. The van der Waals surface area contributed by atoms with E-state index in [1.807, 2.05) is 0 Å². The first kappa shape index (κ1) is 13.0. The highest BCUT2D eigenvalue weighted by Gasteiger charge is 2.53. The van der Waals surface area contributed by atoms with Crippen molar-refractivity contribution in [1.29, 1.82) is 0 Å². The van der Waals surface area contributed by atoms with Gasteiger partial charge in [-0.1, -0.05) is 0 Å². The zero-order chi connectivity index (χ0) is 11.5. The Balaban J connectivity index is 5.63. The van der Waals surface area contributed by atoms with Crippen LogP contribution in [0, 0.1) is 5.41 Å². The molecule has 0 rings (SSSR count). The van der Waals surface area contributed by atoms with Crippen molar-refractivity contribution in [3.8, 4) is 0 Å². The van der Waals surface area contributed by atoms with Crippen molar-refractivity contribution in [1.82, 2.24) is 0 Å². The third-order valence-corrected chi connectivity index (χ3v) is 2.45. The van der Waals surface area contributed by atoms with E-state index in [1.165, 1.54) is 0 Å². The van der Waals surface area contributed by atoms with Crippen molar-refractivity contribution < 1.29 is 23.0 Å². The van der Waals surface area contributed by atoms with E-state index in [0.29, 0.717) is 0 Å². The molecule has 76 valence electrons. The molecule has 0 aromatic carbocycles. The molecular formula is C8H11AlO5. The molecule has 0 spiro atoms. The molecule has 0 bridgehead atoms. The smallest absolute Gasteiger partial charge is 0.499 e. The molecule has 0 aliphatic carbocycles. The van der Waals surface area contributed by atoms with Crippen molar-refractivity contribution >= 4 is 39.9 Å². The van der Waals surface area contributed by atoms with Crippen LogP contribution in [0.25, 0.3) is 0 Å². The molecule has 0 N–H and O–H groups in total. The van der Waals surface area contributed by atoms with Gasteiger partial charge in [-0.2, -0.15) is 0 Å². The Morgan fingerprint density at radius 2 is 1.21 bits per heavy atom. The number of rotatable bonds is 4. The molecule has 0 radical (unpaired) electrons. The fourth-order valence-electron chi connectivity index (χ4n) is 1.33. The van der Waals surface area contributed by atoms with Gasteiger partial charge in [0.05, 0.1) is 0 Å². The van der Waals surface area contributed by atoms with Crippen LogP contribution >= 0.6 is 0 Å². The highest BCUT2D eigenvalue weighted by Crippen LogP contribution is 2.23. The lowest BCUT2D eigenvalue weighted by Gasteiger charge is -2.23. The summed E-state index contributed by atoms with van der Waals surface area (Å²) < 4.78 is 4.44. The standard InChI is InChI=1S/C8H10O5.Al.2H/c1-4(9)8(5(2)10,6(3)11)7(12)13;;;/h1-3H3,(H,12,13);;;/q;+1;;/p-1. The van der Waals surface area contributed by atoms with Gasteiger partial charge in [-0.15, -0.1) is 0 Å². The summed E-state index contributed by atoms with van der Waals surface area (Å²) in [5.41, 5.74) is -2.23. The normalized spacial score (nSPS) is 10.5. The second-order valence-corrected chi connectivity index (χ2v) is 3.32. The van der Waals surface area contributed by atoms with E-state index >= 15 is 0 Å². The molecule has 14 heavy (non-hydrogen) atoms. The van der Waals surface area contributed by atoms with Gasteiger partial charge >= 0.3 is 16.6 Å². The van der Waals surface area contributed by atoms with Crippen molar-refractivity contribution in [3.63, 3.8) is 0 Å². The van der Waals surface area contributed by atoms with Crippen LogP contribution in [-0.4, -0.2) is 39.9 Å². The monoisotopic (exact) mass is 214 g/mol. The van der Waals surface area contributed by atoms with E-state index in [-0.39, 0.29) is 16.6 Å². The topological polar surface area (TPSA) is 77.5 Å². The first-order valence-electron chi connectivity index (χ1n) is 3.93. The molecule has 0 unspecified atom stereocenters. The summed E-state index contributed by atoms with van der Waals surface area (Å²) in [5, 5.41) is 0. The lowest BCUT2D eigenvalue weighted by atomic mass is 9.77. The summed E-state index contributed by atoms with van der Waals surface area (Å²) >= 11 is 0.0349. The maximum absolute atomic E-state index is 11.3. The van der Waals surface area contributed by atoms with E-state index in [9.17, 15) is 19.2 Å². The zero-order valence-electron chi connectivity index (χ0n) is 8.54. The number of ketones is 3. The molecule has 0 heterocycles. The quantitative estimate of drug-likeness (QED) is 0.435. The van der Waals surface area contributed by atoms with Crippen LogP contribution in [0.2, 0.25) is 0 Å². The molecule has 0 saturated heterocycles. The summed E-state index contributed by atoms with van der Waals surface area (Å²) in [5.74, 6) is -3.44. The Bertz CT molecular complexity index is 271. The Kier molecular flexibility index (Phi) is 4.17. The van der Waals surface area contributed by atoms with Crippen LogP contribution in [0.15, 0.2) is 0 Å². The van der Waals surface area contributed by atoms with Crippen LogP contribution in [0.5, 0.6) is 0 Å². The first-order valence-corrected chi connectivity index (χ1v) is 4.75. The largest absolute Gasteiger partial charge is 0.620 e. The van der Waals surface area contributed by atoms with Gasteiger partial charge in [-0.05, 0) is 20.8 Å². The summed E-state index contributed by atoms with van der Waals surface area (Å²) in [4.78, 5) is 45.0. The fourth-order valence-corrected chi connectivity index (χ4v) is 1.63. The van der Waals surface area contributed by atoms with Crippen LogP contribution in [0.1, 0.15) is 20.8 Å². The van der Waals surface area contributed by atoms with Gasteiger partial charge in [-0.3, -0.25) is 19.2 Å². The molecular weight excluding hydrogens is 203 g/mol. The molecule has 0 saturated carbocycles. The molecule has 0 fully saturated rings. The van der Waals surface area contributed by atoms with Gasteiger partial charge < -0.3 is 3.79 Å². The molecule has 0 aliphatic heterocycles. The predicted molar refractivity (Wildman–Crippen MR) is 49.1 cm³/mol. The summed E-state index contributed by atoms with van der Waals surface area (Å²) in [7, 11) is 0. The highest BCUT2D eigenvalue weighted by molar-refractivity contribution is 6.37. The van der Waals surface area contributed by atoms with Crippen LogP contribution < -0.4 is 0 Å². The van der Waals surface area contributed by atoms with Gasteiger partial charge in [0.1, 0.15) is 0 Å². The van der Waals surface area contributed by atoms with E-state index in [1.54, 1.807) is 0 Å². The van der Waals surface area contributed by atoms with E-state index in [0.717, 1.165) is 20.8 Å². The van der Waals surface area contributed by atoms with Crippen LogP contribution in [0.4, 0.5) is 0 Å². The third-order valence-electron chi connectivity index (χ3n) is 2.08. The van der Waals surface area contributed by atoms with Gasteiger partial charge in [0.15, 0.2) is 17.3 Å². The molecule has 0 aromatic heterocycles. The zero-order valence-corrected chi connectivity index (χ0v) is 10.5. The van der Waals surface area contributed by atoms with Gasteiger partial charge in [-0.25, -0.2) is 0 Å². The Morgan fingerprint density at radius 1 is 0.929 bits per heavy atom. The lowest BCUT2D eigenvalue weighted by Crippen LogP contribution is -2.50. The predicted octanol–water partition coefficient (Wildman–Crippen LogP) is -1.17. The minimum Gasteiger partial charge on any atom is -0.620 e. The van der Waals surface area contributed by atoms with Crippen molar-refractivity contribution in [2.24, 2.45) is 5.41 Å². The number of hydrogen-bond acceptors (Lipinski definition) is 5. The molecule has 0 aliphatic rings. The lowest BCUT2D eigenvalue weighted by molar-refractivity contribution is -0.160. The number of hydrogen-bond donors (Lipinski definition) is 0. The van der Waals surface area contributed by atoms with Crippen molar-refractivity contribution in [2.75, 3.05) is 0 Å². The molecule has 0 aromatic rings. The minimum atomic E-state index is -2.23. The van der Waals surface area contributed by atoms with Gasteiger partial charge in [0, 0.05) is 0 Å².